The summed E-state index contributed by atoms with van der Waals surface area (Å²) in [5.74, 6) is 0.337. The lowest BCUT2D eigenvalue weighted by Crippen LogP contribution is -2.55. The van der Waals surface area contributed by atoms with Crippen LogP contribution in [0.25, 0.3) is 56.4 Å². The topological polar surface area (TPSA) is 38.7 Å². The molecule has 250 valence electrons. The highest BCUT2D eigenvalue weighted by Crippen LogP contribution is 2.63. The number of fused-ring (bicyclic) bond motifs is 10. The molecule has 58 heavy (non-hydrogen) atoms. The Kier molecular flexibility index (Phi) is 8.79. The molecule has 1 atom stereocenters. The summed E-state index contributed by atoms with van der Waals surface area (Å²) in [7, 11) is 64.1. The van der Waals surface area contributed by atoms with Crippen LogP contribution in [0, 0.1) is 6.92 Å². The maximum atomic E-state index is 6.59. The number of aromatic nitrogens is 3. The molecule has 1 unspecified atom stereocenters. The Morgan fingerprint density at radius 1 is 0.414 bits per heavy atom. The van der Waals surface area contributed by atoms with Crippen LogP contribution in [0.3, 0.4) is 0 Å². The van der Waals surface area contributed by atoms with Crippen molar-refractivity contribution >= 4 is 133 Å². The molecule has 0 amide bonds. The van der Waals surface area contributed by atoms with Crippen LogP contribution in [0.4, 0.5) is 0 Å². The first-order valence-electron chi connectivity index (χ1n) is 18.8. The lowest BCUT2D eigenvalue weighted by atomic mass is 9.60. The monoisotopic (exact) mass is 717 g/mol. The zero-order valence-electron chi connectivity index (χ0n) is 32.6. The van der Waals surface area contributed by atoms with Crippen LogP contribution in [-0.2, 0) is 10.8 Å². The van der Waals surface area contributed by atoms with Gasteiger partial charge in [0.15, 0.2) is 17.5 Å². The number of aryl methyl sites for hydroxylation is 1. The summed E-state index contributed by atoms with van der Waals surface area (Å²) in [6, 6.07) is 28.5. The van der Waals surface area contributed by atoms with Crippen molar-refractivity contribution in [2.24, 2.45) is 0 Å². The van der Waals surface area contributed by atoms with Crippen molar-refractivity contribution in [1.82, 2.24) is 15.0 Å². The molecule has 9 rings (SSSR count). The Morgan fingerprint density at radius 2 is 0.828 bits per heavy atom. The Morgan fingerprint density at radius 3 is 1.36 bits per heavy atom. The lowest BCUT2D eigenvalue weighted by molar-refractivity contribution is 0.588. The highest BCUT2D eigenvalue weighted by Gasteiger charge is 2.52. The Hall–Kier alpha value is -5.02. The van der Waals surface area contributed by atoms with E-state index in [-0.39, 0.29) is 88.6 Å². The zero-order valence-corrected chi connectivity index (χ0v) is 32.6. The quantitative estimate of drug-likeness (QED) is 0.215. The first-order valence-corrected chi connectivity index (χ1v) is 18.8. The van der Waals surface area contributed by atoms with Gasteiger partial charge in [0, 0.05) is 16.7 Å². The highest BCUT2D eigenvalue weighted by molar-refractivity contribution is 6.69. The van der Waals surface area contributed by atoms with E-state index in [1.54, 1.807) is 0 Å². The second-order valence-corrected chi connectivity index (χ2v) is 16.3. The van der Waals surface area contributed by atoms with Gasteiger partial charge in [-0.05, 0) is 68.5 Å². The van der Waals surface area contributed by atoms with Crippen molar-refractivity contribution in [2.45, 2.75) is 38.5 Å². The molecule has 0 bridgehead atoms. The summed E-state index contributed by atoms with van der Waals surface area (Å²) in [5, 5.41) is 0. The smallest absolute Gasteiger partial charge is 0.164 e. The molecule has 13 heteroatoms. The predicted octanol–water partition coefficient (Wildman–Crippen LogP) is -1.24. The molecule has 1 aromatic heterocycles. The van der Waals surface area contributed by atoms with Gasteiger partial charge in [-0.2, -0.15) is 0 Å². The summed E-state index contributed by atoms with van der Waals surface area (Å²) in [6.07, 6.45) is 0. The van der Waals surface area contributed by atoms with E-state index in [1.165, 1.54) is 33.4 Å². The van der Waals surface area contributed by atoms with E-state index in [9.17, 15) is 0 Å². The van der Waals surface area contributed by atoms with E-state index in [0.717, 1.165) is 22.3 Å². The third kappa shape index (κ3) is 5.30. The molecule has 2 aliphatic rings. The van der Waals surface area contributed by atoms with Crippen LogP contribution in [0.1, 0.15) is 54.2 Å². The van der Waals surface area contributed by atoms with Crippen molar-refractivity contribution in [3.8, 4) is 56.4 Å². The Labute approximate surface area is 353 Å². The fourth-order valence-corrected chi connectivity index (χ4v) is 8.81. The molecule has 3 nitrogen and oxygen atoms in total. The van der Waals surface area contributed by atoms with Crippen molar-refractivity contribution in [2.75, 3.05) is 0 Å². The molecule has 2 aliphatic carbocycles. The van der Waals surface area contributed by atoms with Crippen molar-refractivity contribution in [1.29, 1.82) is 0 Å². The molecule has 6 aromatic carbocycles. The average Bonchev–Trinajstić information content (AvgIpc) is 3.66. The Balaban J connectivity index is 1.38. The standard InChI is InChI=1S/C45H25B10N3/c1-18-9-12-22-24-14-11-20(44(2,3)4)17-28(24)45(26(22)15-18)25-8-6-5-7-21(25)23-13-10-19(16-27(23)45)41-56-42(29-31(46)35(50)39(54)36(51)32(29)47)58-43(57-41)30-33(48)37(52)40(55)38(53)34(30)49/h5-17H,1-4H3. The number of benzene rings is 6. The third-order valence-corrected chi connectivity index (χ3v) is 11.9. The number of nitrogens with zero attached hydrogens (tertiary/aromatic N) is 3. The number of hydrogen-bond acceptors (Lipinski definition) is 3. The largest absolute Gasteiger partial charge is 0.208 e. The van der Waals surface area contributed by atoms with Gasteiger partial charge in [-0.15, -0.1) is 32.8 Å². The van der Waals surface area contributed by atoms with Gasteiger partial charge in [0.2, 0.25) is 0 Å². The van der Waals surface area contributed by atoms with Gasteiger partial charge in [-0.25, -0.2) is 15.0 Å². The second-order valence-electron chi connectivity index (χ2n) is 16.3. The number of rotatable bonds is 3. The molecule has 1 spiro atoms. The van der Waals surface area contributed by atoms with E-state index in [1.807, 2.05) is 6.07 Å². The maximum Gasteiger partial charge on any atom is 0.164 e. The van der Waals surface area contributed by atoms with Crippen LogP contribution in [0.2, 0.25) is 0 Å². The van der Waals surface area contributed by atoms with Crippen LogP contribution >= 0.6 is 0 Å². The first-order chi connectivity index (χ1) is 27.5. The molecular formula is C45H25B10N3. The van der Waals surface area contributed by atoms with Crippen molar-refractivity contribution < 1.29 is 0 Å². The third-order valence-electron chi connectivity index (χ3n) is 11.9. The first kappa shape index (κ1) is 38.5. The van der Waals surface area contributed by atoms with E-state index < -0.39 is 5.41 Å². The molecule has 0 fully saturated rings. The highest BCUT2D eigenvalue weighted by atomic mass is 15.0. The predicted molar refractivity (Wildman–Crippen MR) is 250 cm³/mol. The minimum absolute atomic E-state index is 0.0333. The van der Waals surface area contributed by atoms with Crippen LogP contribution in [0.15, 0.2) is 78.9 Å². The molecule has 0 aliphatic heterocycles. The van der Waals surface area contributed by atoms with Gasteiger partial charge in [0.25, 0.3) is 0 Å². The molecule has 20 radical (unpaired) electrons. The summed E-state index contributed by atoms with van der Waals surface area (Å²) in [4.78, 5) is 14.8. The fraction of sp³-hybridized carbons (Fsp3) is 0.133. The normalized spacial score (nSPS) is 15.0. The summed E-state index contributed by atoms with van der Waals surface area (Å²) in [6.45, 7) is 8.84. The molecule has 1 heterocycles. The molecule has 7 aromatic rings. The van der Waals surface area contributed by atoms with Crippen LogP contribution in [-0.4, -0.2) is 93.4 Å². The summed E-state index contributed by atoms with van der Waals surface area (Å²) >= 11 is 0. The fourth-order valence-electron chi connectivity index (χ4n) is 8.81. The summed E-state index contributed by atoms with van der Waals surface area (Å²) < 4.78 is 0. The van der Waals surface area contributed by atoms with Crippen molar-refractivity contribution in [3.63, 3.8) is 0 Å². The molecule has 0 saturated carbocycles. The summed E-state index contributed by atoms with van der Waals surface area (Å²) in [5.41, 5.74) is 12.3. The second kappa shape index (κ2) is 13.2. The lowest BCUT2D eigenvalue weighted by Gasteiger charge is -2.32. The van der Waals surface area contributed by atoms with Gasteiger partial charge in [-0.3, -0.25) is 0 Å². The van der Waals surface area contributed by atoms with Crippen LogP contribution in [0.5, 0.6) is 0 Å². The van der Waals surface area contributed by atoms with Gasteiger partial charge in [-0.1, -0.05) is 121 Å². The van der Waals surface area contributed by atoms with Gasteiger partial charge in [0.1, 0.15) is 78.5 Å². The van der Waals surface area contributed by atoms with Crippen molar-refractivity contribution in [3.05, 3.63) is 112 Å². The SMILES string of the molecule is [B]c1c([B])c([B])c(-c2nc(-c3ccc4c(c3)C3(c5ccccc5-4)c4cc(C)ccc4-c4ccc(C(C)(C)C)cc43)nc(-c3c([B])c([B])c([B])c([B])c3[B])n2)c([B])c1[B]. The minimum Gasteiger partial charge on any atom is -0.208 e. The minimum atomic E-state index is -0.665. The van der Waals surface area contributed by atoms with E-state index in [0.29, 0.717) is 5.56 Å². The van der Waals surface area contributed by atoms with E-state index in [2.05, 4.69) is 100 Å². The maximum absolute atomic E-state index is 6.59. The average molecular weight is 716 g/mol. The van der Waals surface area contributed by atoms with E-state index in [4.69, 9.17) is 93.4 Å². The van der Waals surface area contributed by atoms with Gasteiger partial charge in [0.05, 0.1) is 5.41 Å². The molecule has 0 saturated heterocycles. The van der Waals surface area contributed by atoms with Crippen LogP contribution < -0.4 is 54.6 Å². The Bertz CT molecular complexity index is 2830. The van der Waals surface area contributed by atoms with E-state index >= 15 is 0 Å². The molecule has 0 N–H and O–H groups in total. The zero-order chi connectivity index (χ0) is 41.3. The molecular weight excluding hydrogens is 691 g/mol. The van der Waals surface area contributed by atoms with Gasteiger partial charge >= 0.3 is 0 Å². The van der Waals surface area contributed by atoms with Gasteiger partial charge < -0.3 is 0 Å². The number of hydrogen-bond donors (Lipinski definition) is 0.